The molecule has 3 aromatic rings. The highest BCUT2D eigenvalue weighted by Gasteiger charge is 1.98. The van der Waals surface area contributed by atoms with Crippen molar-refractivity contribution in [1.82, 2.24) is 9.97 Å². The molecule has 0 bridgehead atoms. The van der Waals surface area contributed by atoms with Gasteiger partial charge in [0.2, 0.25) is 0 Å². The maximum absolute atomic E-state index is 4.32. The van der Waals surface area contributed by atoms with Gasteiger partial charge >= 0.3 is 0 Å². The summed E-state index contributed by atoms with van der Waals surface area (Å²) in [7, 11) is 0. The molecule has 2 N–H and O–H groups in total. The number of aromatic nitrogens is 2. The molecule has 17 heavy (non-hydrogen) atoms. The maximum Gasteiger partial charge on any atom is 0.130 e. The smallest absolute Gasteiger partial charge is 0.130 e. The summed E-state index contributed by atoms with van der Waals surface area (Å²) in [5.74, 6) is 0.866. The normalized spacial score (nSPS) is 10.6. The van der Waals surface area contributed by atoms with Crippen molar-refractivity contribution in [3.05, 3.63) is 54.4 Å². The molecule has 0 aliphatic carbocycles. The molecule has 0 aliphatic rings. The van der Waals surface area contributed by atoms with Gasteiger partial charge in [0.25, 0.3) is 0 Å². The number of anilines is 2. The second kappa shape index (κ2) is 3.94. The van der Waals surface area contributed by atoms with Crippen molar-refractivity contribution in [2.45, 2.75) is 6.92 Å². The highest BCUT2D eigenvalue weighted by atomic mass is 15.0. The van der Waals surface area contributed by atoms with E-state index in [0.717, 1.165) is 22.6 Å². The van der Waals surface area contributed by atoms with E-state index in [-0.39, 0.29) is 0 Å². The van der Waals surface area contributed by atoms with Crippen molar-refractivity contribution in [2.24, 2.45) is 0 Å². The first-order valence-electron chi connectivity index (χ1n) is 5.58. The van der Waals surface area contributed by atoms with E-state index in [1.807, 2.05) is 37.5 Å². The Balaban J connectivity index is 1.91. The number of rotatable bonds is 2. The molecule has 0 saturated carbocycles. The highest BCUT2D eigenvalue weighted by molar-refractivity contribution is 5.83. The Labute approximate surface area is 99.5 Å². The largest absolute Gasteiger partial charge is 0.361 e. The molecule has 3 heteroatoms. The Hall–Kier alpha value is -2.29. The highest BCUT2D eigenvalue weighted by Crippen LogP contribution is 2.20. The maximum atomic E-state index is 4.32. The van der Waals surface area contributed by atoms with Crippen molar-refractivity contribution >= 4 is 22.4 Å². The third kappa shape index (κ3) is 1.99. The fourth-order valence-electron chi connectivity index (χ4n) is 1.82. The van der Waals surface area contributed by atoms with Gasteiger partial charge in [-0.25, -0.2) is 4.98 Å². The SMILES string of the molecule is Cc1ccc(Nc2ccc3[nH]ccc3c2)nc1. The summed E-state index contributed by atoms with van der Waals surface area (Å²) in [5.41, 5.74) is 3.36. The van der Waals surface area contributed by atoms with Gasteiger partial charge in [0.15, 0.2) is 0 Å². The van der Waals surface area contributed by atoms with Gasteiger partial charge in [-0.1, -0.05) is 6.07 Å². The van der Waals surface area contributed by atoms with Crippen molar-refractivity contribution in [3.8, 4) is 0 Å². The van der Waals surface area contributed by atoms with Gasteiger partial charge in [0, 0.05) is 29.0 Å². The number of aryl methyl sites for hydroxylation is 1. The average molecular weight is 223 g/mol. The van der Waals surface area contributed by atoms with Crippen molar-refractivity contribution in [1.29, 1.82) is 0 Å². The third-order valence-electron chi connectivity index (χ3n) is 2.74. The van der Waals surface area contributed by atoms with E-state index in [4.69, 9.17) is 0 Å². The molecule has 3 rings (SSSR count). The molecule has 3 nitrogen and oxygen atoms in total. The Morgan fingerprint density at radius 2 is 2.06 bits per heavy atom. The van der Waals surface area contributed by atoms with E-state index < -0.39 is 0 Å². The van der Waals surface area contributed by atoms with E-state index in [1.165, 1.54) is 5.39 Å². The summed E-state index contributed by atoms with van der Waals surface area (Å²) < 4.78 is 0. The quantitative estimate of drug-likeness (QED) is 0.696. The zero-order chi connectivity index (χ0) is 11.7. The van der Waals surface area contributed by atoms with Crippen LogP contribution in [0.4, 0.5) is 11.5 Å². The Morgan fingerprint density at radius 3 is 2.88 bits per heavy atom. The Kier molecular flexibility index (Phi) is 2.29. The predicted octanol–water partition coefficient (Wildman–Crippen LogP) is 3.61. The number of pyridine rings is 1. The van der Waals surface area contributed by atoms with Crippen molar-refractivity contribution < 1.29 is 0 Å². The zero-order valence-electron chi connectivity index (χ0n) is 9.57. The summed E-state index contributed by atoms with van der Waals surface area (Å²) in [6, 6.07) is 12.3. The fraction of sp³-hybridized carbons (Fsp3) is 0.0714. The molecule has 0 atom stereocenters. The van der Waals surface area contributed by atoms with Crippen molar-refractivity contribution in [3.63, 3.8) is 0 Å². The molecule has 0 saturated heterocycles. The molecule has 0 aliphatic heterocycles. The lowest BCUT2D eigenvalue weighted by Crippen LogP contribution is -1.92. The van der Waals surface area contributed by atoms with E-state index in [1.54, 1.807) is 0 Å². The van der Waals surface area contributed by atoms with Crippen LogP contribution < -0.4 is 5.32 Å². The number of hydrogen-bond acceptors (Lipinski definition) is 2. The lowest BCUT2D eigenvalue weighted by atomic mass is 10.2. The number of benzene rings is 1. The first-order chi connectivity index (χ1) is 8.31. The fourth-order valence-corrected chi connectivity index (χ4v) is 1.82. The van der Waals surface area contributed by atoms with Crippen LogP contribution in [0.2, 0.25) is 0 Å². The molecule has 1 aromatic carbocycles. The van der Waals surface area contributed by atoms with Crippen LogP contribution in [-0.2, 0) is 0 Å². The first kappa shape index (κ1) is 9.90. The molecule has 84 valence electrons. The van der Waals surface area contributed by atoms with Crippen molar-refractivity contribution in [2.75, 3.05) is 5.32 Å². The van der Waals surface area contributed by atoms with Crippen LogP contribution in [0, 0.1) is 6.92 Å². The van der Waals surface area contributed by atoms with Gasteiger partial charge < -0.3 is 10.3 Å². The summed E-state index contributed by atoms with van der Waals surface area (Å²) >= 11 is 0. The van der Waals surface area contributed by atoms with Gasteiger partial charge in [-0.05, 0) is 42.8 Å². The summed E-state index contributed by atoms with van der Waals surface area (Å²) in [6.07, 6.45) is 3.80. The Morgan fingerprint density at radius 1 is 1.12 bits per heavy atom. The number of hydrogen-bond donors (Lipinski definition) is 2. The van der Waals surface area contributed by atoms with Gasteiger partial charge in [-0.2, -0.15) is 0 Å². The second-order valence-corrected chi connectivity index (χ2v) is 4.13. The van der Waals surface area contributed by atoms with Crippen LogP contribution >= 0.6 is 0 Å². The second-order valence-electron chi connectivity index (χ2n) is 4.13. The molecule has 0 radical (unpaired) electrons. The number of H-pyrrole nitrogens is 1. The minimum Gasteiger partial charge on any atom is -0.361 e. The molecule has 0 unspecified atom stereocenters. The van der Waals surface area contributed by atoms with Crippen LogP contribution in [0.3, 0.4) is 0 Å². The summed E-state index contributed by atoms with van der Waals surface area (Å²) in [6.45, 7) is 2.03. The molecule has 2 heterocycles. The molecule has 0 spiro atoms. The topological polar surface area (TPSA) is 40.7 Å². The average Bonchev–Trinajstić information content (AvgIpc) is 2.79. The number of aromatic amines is 1. The van der Waals surface area contributed by atoms with Gasteiger partial charge in [-0.15, -0.1) is 0 Å². The third-order valence-corrected chi connectivity index (χ3v) is 2.74. The molecular formula is C14H13N3. The van der Waals surface area contributed by atoms with E-state index in [2.05, 4.69) is 33.5 Å². The van der Waals surface area contributed by atoms with Gasteiger partial charge in [-0.3, -0.25) is 0 Å². The van der Waals surface area contributed by atoms with Crippen LogP contribution in [0.1, 0.15) is 5.56 Å². The number of nitrogens with zero attached hydrogens (tertiary/aromatic N) is 1. The number of fused-ring (bicyclic) bond motifs is 1. The first-order valence-corrected chi connectivity index (χ1v) is 5.58. The van der Waals surface area contributed by atoms with Gasteiger partial charge in [0.1, 0.15) is 5.82 Å². The van der Waals surface area contributed by atoms with Crippen LogP contribution in [0.5, 0.6) is 0 Å². The molecule has 0 amide bonds. The zero-order valence-corrected chi connectivity index (χ0v) is 9.57. The standard InChI is InChI=1S/C14H13N3/c1-10-2-5-14(16-9-10)17-12-3-4-13-11(8-12)6-7-15-13/h2-9,15H,1H3,(H,16,17). The monoisotopic (exact) mass is 223 g/mol. The molecule has 0 fully saturated rings. The minimum absolute atomic E-state index is 0.866. The van der Waals surface area contributed by atoms with Gasteiger partial charge in [0.05, 0.1) is 0 Å². The minimum atomic E-state index is 0.866. The van der Waals surface area contributed by atoms with Crippen LogP contribution in [-0.4, -0.2) is 9.97 Å². The lowest BCUT2D eigenvalue weighted by Gasteiger charge is -2.05. The van der Waals surface area contributed by atoms with E-state index in [0.29, 0.717) is 0 Å². The van der Waals surface area contributed by atoms with E-state index in [9.17, 15) is 0 Å². The number of nitrogens with one attached hydrogen (secondary N) is 2. The summed E-state index contributed by atoms with van der Waals surface area (Å²) in [5, 5.41) is 4.48. The van der Waals surface area contributed by atoms with Crippen LogP contribution in [0.15, 0.2) is 48.8 Å². The van der Waals surface area contributed by atoms with E-state index >= 15 is 0 Å². The van der Waals surface area contributed by atoms with Crippen LogP contribution in [0.25, 0.3) is 10.9 Å². The Bertz CT molecular complexity index is 638. The predicted molar refractivity (Wildman–Crippen MR) is 70.6 cm³/mol. The molecule has 2 aromatic heterocycles. The molecular weight excluding hydrogens is 210 g/mol. The summed E-state index contributed by atoms with van der Waals surface area (Å²) in [4.78, 5) is 7.50. The lowest BCUT2D eigenvalue weighted by molar-refractivity contribution is 1.26.